The van der Waals surface area contributed by atoms with Gasteiger partial charge in [0.2, 0.25) is 5.91 Å². The van der Waals surface area contributed by atoms with Crippen molar-refractivity contribution < 1.29 is 9.53 Å². The molecule has 2 atom stereocenters. The normalized spacial score (nSPS) is 14.4. The lowest BCUT2D eigenvalue weighted by atomic mass is 9.96. The van der Waals surface area contributed by atoms with Crippen molar-refractivity contribution in [2.75, 3.05) is 27.3 Å². The smallest absolute Gasteiger partial charge is 0.222 e. The highest BCUT2D eigenvalue weighted by Gasteiger charge is 2.16. The number of rotatable bonds is 9. The average Bonchev–Trinajstić information content (AvgIpc) is 2.33. The quantitative estimate of drug-likeness (QED) is 0.671. The van der Waals surface area contributed by atoms with Gasteiger partial charge in [0.25, 0.3) is 0 Å². The van der Waals surface area contributed by atoms with E-state index in [4.69, 9.17) is 10.5 Å². The SMILES string of the molecule is CCC(CCN)CCC(=O)N(C)C(C)COC. The zero-order valence-electron chi connectivity index (χ0n) is 11.7. The summed E-state index contributed by atoms with van der Waals surface area (Å²) < 4.78 is 5.05. The first-order chi connectivity index (χ1) is 8.06. The third-order valence-corrected chi connectivity index (χ3v) is 3.38. The van der Waals surface area contributed by atoms with Crippen LogP contribution in [0.1, 0.15) is 39.5 Å². The van der Waals surface area contributed by atoms with Crippen molar-refractivity contribution in [3.8, 4) is 0 Å². The Kier molecular flexibility index (Phi) is 9.09. The lowest BCUT2D eigenvalue weighted by Crippen LogP contribution is -2.37. The van der Waals surface area contributed by atoms with E-state index in [1.807, 2.05) is 14.0 Å². The van der Waals surface area contributed by atoms with Crippen LogP contribution in [-0.4, -0.2) is 44.2 Å². The van der Waals surface area contributed by atoms with Crippen LogP contribution in [-0.2, 0) is 9.53 Å². The lowest BCUT2D eigenvalue weighted by Gasteiger charge is -2.25. The molecule has 0 fully saturated rings. The predicted octanol–water partition coefficient (Wildman–Crippen LogP) is 1.63. The van der Waals surface area contributed by atoms with Crippen LogP contribution in [0.3, 0.4) is 0 Å². The zero-order chi connectivity index (χ0) is 13.3. The van der Waals surface area contributed by atoms with Crippen LogP contribution < -0.4 is 5.73 Å². The van der Waals surface area contributed by atoms with Crippen molar-refractivity contribution in [2.24, 2.45) is 11.7 Å². The molecule has 0 aliphatic rings. The van der Waals surface area contributed by atoms with Crippen LogP contribution >= 0.6 is 0 Å². The predicted molar refractivity (Wildman–Crippen MR) is 70.8 cm³/mol. The molecule has 0 aromatic carbocycles. The van der Waals surface area contributed by atoms with E-state index in [-0.39, 0.29) is 11.9 Å². The second kappa shape index (κ2) is 9.42. The van der Waals surface area contributed by atoms with Gasteiger partial charge in [-0.15, -0.1) is 0 Å². The minimum Gasteiger partial charge on any atom is -0.383 e. The molecule has 0 radical (unpaired) electrons. The maximum Gasteiger partial charge on any atom is 0.222 e. The summed E-state index contributed by atoms with van der Waals surface area (Å²) in [6.45, 7) is 5.45. The number of ether oxygens (including phenoxy) is 1. The summed E-state index contributed by atoms with van der Waals surface area (Å²) in [7, 11) is 3.50. The third kappa shape index (κ3) is 6.64. The Morgan fingerprint density at radius 3 is 2.53 bits per heavy atom. The highest BCUT2D eigenvalue weighted by molar-refractivity contribution is 5.76. The van der Waals surface area contributed by atoms with E-state index < -0.39 is 0 Å². The standard InChI is InChI=1S/C13H28N2O2/c1-5-12(8-9-14)6-7-13(16)15(3)11(2)10-17-4/h11-12H,5-10,14H2,1-4H3. The van der Waals surface area contributed by atoms with Gasteiger partial charge in [0.05, 0.1) is 12.6 Å². The molecule has 0 aromatic rings. The number of carbonyl (C=O) groups is 1. The lowest BCUT2D eigenvalue weighted by molar-refractivity contribution is -0.132. The fraction of sp³-hybridized carbons (Fsp3) is 0.923. The Bertz CT molecular complexity index is 210. The molecule has 4 heteroatoms. The molecule has 102 valence electrons. The number of amides is 1. The first-order valence-corrected chi connectivity index (χ1v) is 6.51. The van der Waals surface area contributed by atoms with Crippen LogP contribution in [0.4, 0.5) is 0 Å². The number of hydrogen-bond acceptors (Lipinski definition) is 3. The molecule has 2 unspecified atom stereocenters. The van der Waals surface area contributed by atoms with Crippen molar-refractivity contribution in [1.82, 2.24) is 4.90 Å². The largest absolute Gasteiger partial charge is 0.383 e. The van der Waals surface area contributed by atoms with Gasteiger partial charge in [-0.25, -0.2) is 0 Å². The average molecular weight is 244 g/mol. The molecule has 1 amide bonds. The highest BCUT2D eigenvalue weighted by atomic mass is 16.5. The minimum atomic E-state index is 0.141. The van der Waals surface area contributed by atoms with E-state index in [2.05, 4.69) is 6.92 Å². The molecule has 0 rings (SSSR count). The Morgan fingerprint density at radius 1 is 1.41 bits per heavy atom. The van der Waals surface area contributed by atoms with Crippen molar-refractivity contribution in [1.29, 1.82) is 0 Å². The molecule has 0 saturated carbocycles. The van der Waals surface area contributed by atoms with Crippen molar-refractivity contribution in [3.63, 3.8) is 0 Å². The molecular formula is C13H28N2O2. The Hall–Kier alpha value is -0.610. The van der Waals surface area contributed by atoms with Crippen LogP contribution in [0, 0.1) is 5.92 Å². The molecule has 0 saturated heterocycles. The second-order valence-electron chi connectivity index (χ2n) is 4.70. The van der Waals surface area contributed by atoms with Gasteiger partial charge < -0.3 is 15.4 Å². The molecule has 0 spiro atoms. The summed E-state index contributed by atoms with van der Waals surface area (Å²) in [6, 6.07) is 0.141. The Labute approximate surface area is 105 Å². The molecule has 4 nitrogen and oxygen atoms in total. The van der Waals surface area contributed by atoms with Gasteiger partial charge >= 0.3 is 0 Å². The number of methoxy groups -OCH3 is 1. The first-order valence-electron chi connectivity index (χ1n) is 6.51. The number of hydrogen-bond donors (Lipinski definition) is 1. The number of nitrogens with zero attached hydrogens (tertiary/aromatic N) is 1. The van der Waals surface area contributed by atoms with Gasteiger partial charge in [-0.05, 0) is 32.2 Å². The van der Waals surface area contributed by atoms with E-state index >= 15 is 0 Å². The monoisotopic (exact) mass is 244 g/mol. The molecule has 0 aliphatic carbocycles. The molecule has 0 bridgehead atoms. The van der Waals surface area contributed by atoms with Gasteiger partial charge in [0.1, 0.15) is 0 Å². The molecule has 0 heterocycles. The maximum absolute atomic E-state index is 11.9. The summed E-state index contributed by atoms with van der Waals surface area (Å²) in [5.74, 6) is 0.778. The van der Waals surface area contributed by atoms with Gasteiger partial charge in [0, 0.05) is 20.6 Å². The van der Waals surface area contributed by atoms with E-state index in [9.17, 15) is 4.79 Å². The first kappa shape index (κ1) is 16.4. The van der Waals surface area contributed by atoms with Crippen molar-refractivity contribution >= 4 is 5.91 Å². The fourth-order valence-electron chi connectivity index (χ4n) is 1.89. The van der Waals surface area contributed by atoms with Gasteiger partial charge in [0.15, 0.2) is 0 Å². The topological polar surface area (TPSA) is 55.6 Å². The van der Waals surface area contributed by atoms with Gasteiger partial charge in [-0.2, -0.15) is 0 Å². The Morgan fingerprint density at radius 2 is 2.06 bits per heavy atom. The maximum atomic E-state index is 11.9. The Balaban J connectivity index is 3.98. The summed E-state index contributed by atoms with van der Waals surface area (Å²) >= 11 is 0. The molecule has 0 aliphatic heterocycles. The summed E-state index contributed by atoms with van der Waals surface area (Å²) in [4.78, 5) is 13.7. The summed E-state index contributed by atoms with van der Waals surface area (Å²) in [5, 5.41) is 0. The molecule has 17 heavy (non-hydrogen) atoms. The second-order valence-corrected chi connectivity index (χ2v) is 4.70. The summed E-state index contributed by atoms with van der Waals surface area (Å²) in [6.07, 6.45) is 3.67. The van der Waals surface area contributed by atoms with Gasteiger partial charge in [-0.1, -0.05) is 13.3 Å². The van der Waals surface area contributed by atoms with E-state index in [0.717, 1.165) is 19.3 Å². The van der Waals surface area contributed by atoms with Crippen molar-refractivity contribution in [2.45, 2.75) is 45.6 Å². The van der Waals surface area contributed by atoms with Crippen molar-refractivity contribution in [3.05, 3.63) is 0 Å². The van der Waals surface area contributed by atoms with E-state index in [1.165, 1.54) is 0 Å². The third-order valence-electron chi connectivity index (χ3n) is 3.38. The highest BCUT2D eigenvalue weighted by Crippen LogP contribution is 2.15. The number of nitrogens with two attached hydrogens (primary N) is 1. The number of carbonyl (C=O) groups excluding carboxylic acids is 1. The van der Waals surface area contributed by atoms with Crippen LogP contribution in [0.25, 0.3) is 0 Å². The number of likely N-dealkylation sites (N-methyl/N-ethyl adjacent to an activating group) is 1. The fourth-order valence-corrected chi connectivity index (χ4v) is 1.89. The zero-order valence-corrected chi connectivity index (χ0v) is 11.7. The molecule has 2 N–H and O–H groups in total. The molecule has 0 aromatic heterocycles. The van der Waals surface area contributed by atoms with Crippen LogP contribution in [0.2, 0.25) is 0 Å². The molecular weight excluding hydrogens is 216 g/mol. The van der Waals surface area contributed by atoms with Crippen LogP contribution in [0.15, 0.2) is 0 Å². The van der Waals surface area contributed by atoms with Crippen LogP contribution in [0.5, 0.6) is 0 Å². The van der Waals surface area contributed by atoms with E-state index in [0.29, 0.717) is 25.5 Å². The van der Waals surface area contributed by atoms with Gasteiger partial charge in [-0.3, -0.25) is 4.79 Å². The van der Waals surface area contributed by atoms with E-state index in [1.54, 1.807) is 12.0 Å². The minimum absolute atomic E-state index is 0.141. The summed E-state index contributed by atoms with van der Waals surface area (Å²) in [5.41, 5.74) is 5.55.